The molecule has 4 rings (SSSR count). The van der Waals surface area contributed by atoms with Gasteiger partial charge in [-0.05, 0) is 47.5 Å². The number of nitrogens with zero attached hydrogens (tertiary/aromatic N) is 1. The van der Waals surface area contributed by atoms with Crippen LogP contribution in [0.25, 0.3) is 10.9 Å². The lowest BCUT2D eigenvalue weighted by molar-refractivity contribution is 0.0684. The van der Waals surface area contributed by atoms with Crippen molar-refractivity contribution in [3.8, 4) is 5.75 Å². The number of nitrogens with one attached hydrogen (secondary N) is 1. The van der Waals surface area contributed by atoms with Gasteiger partial charge >= 0.3 is 5.97 Å². The van der Waals surface area contributed by atoms with Crippen molar-refractivity contribution in [3.05, 3.63) is 101 Å². The predicted molar refractivity (Wildman–Crippen MR) is 118 cm³/mol. The number of fused-ring (bicyclic) bond motifs is 1. The maximum Gasteiger partial charge on any atom is 0.352 e. The van der Waals surface area contributed by atoms with Crippen LogP contribution >= 0.6 is 0 Å². The quantitative estimate of drug-likeness (QED) is 0.410. The van der Waals surface area contributed by atoms with Gasteiger partial charge in [-0.3, -0.25) is 0 Å². The van der Waals surface area contributed by atoms with Crippen molar-refractivity contribution in [3.63, 3.8) is 0 Å². The van der Waals surface area contributed by atoms with E-state index in [1.165, 1.54) is 24.3 Å². The Bertz CT molecular complexity index is 1270. The normalized spacial score (nSPS) is 11.1. The van der Waals surface area contributed by atoms with E-state index in [9.17, 15) is 18.7 Å². The smallest absolute Gasteiger partial charge is 0.352 e. The molecule has 4 aromatic rings. The van der Waals surface area contributed by atoms with Gasteiger partial charge in [0.1, 0.15) is 23.1 Å². The van der Waals surface area contributed by atoms with Crippen LogP contribution in [-0.2, 0) is 19.6 Å². The Morgan fingerprint density at radius 2 is 1.75 bits per heavy atom. The average Bonchev–Trinajstić information content (AvgIpc) is 3.08. The van der Waals surface area contributed by atoms with Crippen LogP contribution in [0.2, 0.25) is 0 Å². The molecule has 32 heavy (non-hydrogen) atoms. The summed E-state index contributed by atoms with van der Waals surface area (Å²) in [5, 5.41) is 14.1. The standard InChI is InChI=1S/C25H22F2N2O3/c1-32-20-9-10-21-22(14-28-13-16-5-7-18(26)8-6-16)24(25(30)31)29(23(21)12-20)15-17-3-2-4-19(27)11-17/h2-12,28H,13-15H2,1H3,(H,30,31). The Morgan fingerprint density at radius 1 is 0.969 bits per heavy atom. The van der Waals surface area contributed by atoms with E-state index in [1.807, 2.05) is 6.07 Å². The van der Waals surface area contributed by atoms with Crippen LogP contribution in [0, 0.1) is 11.6 Å². The third kappa shape index (κ3) is 4.48. The summed E-state index contributed by atoms with van der Waals surface area (Å²) < 4.78 is 33.9. The average molecular weight is 436 g/mol. The Hall–Kier alpha value is -3.71. The third-order valence-electron chi connectivity index (χ3n) is 5.35. The molecule has 0 aliphatic heterocycles. The summed E-state index contributed by atoms with van der Waals surface area (Å²) >= 11 is 0. The lowest BCUT2D eigenvalue weighted by atomic mass is 10.1. The van der Waals surface area contributed by atoms with Gasteiger partial charge in [0, 0.05) is 36.7 Å². The van der Waals surface area contributed by atoms with Crippen molar-refractivity contribution in [2.75, 3.05) is 7.11 Å². The monoisotopic (exact) mass is 436 g/mol. The number of halogens is 2. The molecule has 1 aromatic heterocycles. The zero-order valence-corrected chi connectivity index (χ0v) is 17.4. The second-order valence-corrected chi connectivity index (χ2v) is 7.46. The maximum atomic E-state index is 13.7. The summed E-state index contributed by atoms with van der Waals surface area (Å²) in [6, 6.07) is 17.6. The van der Waals surface area contributed by atoms with Crippen LogP contribution in [0.1, 0.15) is 27.2 Å². The van der Waals surface area contributed by atoms with Crippen LogP contribution in [0.5, 0.6) is 5.75 Å². The molecule has 2 N–H and O–H groups in total. The Morgan fingerprint density at radius 3 is 2.44 bits per heavy atom. The first-order chi connectivity index (χ1) is 15.5. The molecule has 5 nitrogen and oxygen atoms in total. The van der Waals surface area contributed by atoms with E-state index < -0.39 is 5.97 Å². The van der Waals surface area contributed by atoms with Gasteiger partial charge in [0.15, 0.2) is 0 Å². The topological polar surface area (TPSA) is 63.5 Å². The summed E-state index contributed by atoms with van der Waals surface area (Å²) in [5.41, 5.74) is 2.97. The van der Waals surface area contributed by atoms with Crippen LogP contribution < -0.4 is 10.1 Å². The molecule has 0 atom stereocenters. The van der Waals surface area contributed by atoms with Crippen LogP contribution in [0.3, 0.4) is 0 Å². The van der Waals surface area contributed by atoms with E-state index >= 15 is 0 Å². The first-order valence-corrected chi connectivity index (χ1v) is 10.1. The predicted octanol–water partition coefficient (Wildman–Crippen LogP) is 4.96. The van der Waals surface area contributed by atoms with Gasteiger partial charge in [0.05, 0.1) is 12.6 Å². The van der Waals surface area contributed by atoms with Crippen molar-refractivity contribution >= 4 is 16.9 Å². The molecule has 3 aromatic carbocycles. The molecule has 0 radical (unpaired) electrons. The lowest BCUT2D eigenvalue weighted by Gasteiger charge is -2.10. The SMILES string of the molecule is COc1ccc2c(CNCc3ccc(F)cc3)c(C(=O)O)n(Cc3cccc(F)c3)c2c1. The van der Waals surface area contributed by atoms with Crippen molar-refractivity contribution in [1.29, 1.82) is 0 Å². The minimum Gasteiger partial charge on any atom is -0.497 e. The number of rotatable bonds is 8. The van der Waals surface area contributed by atoms with Crippen molar-refractivity contribution < 1.29 is 23.4 Å². The fourth-order valence-corrected chi connectivity index (χ4v) is 3.87. The minimum atomic E-state index is -1.07. The third-order valence-corrected chi connectivity index (χ3v) is 5.35. The molecule has 0 aliphatic rings. The summed E-state index contributed by atoms with van der Waals surface area (Å²) in [7, 11) is 1.55. The Kier molecular flexibility index (Phi) is 6.18. The second-order valence-electron chi connectivity index (χ2n) is 7.46. The highest BCUT2D eigenvalue weighted by atomic mass is 19.1. The molecule has 0 fully saturated rings. The number of aromatic nitrogens is 1. The molecule has 7 heteroatoms. The van der Waals surface area contributed by atoms with Crippen LogP contribution in [0.15, 0.2) is 66.7 Å². The molecule has 0 spiro atoms. The second kappa shape index (κ2) is 9.20. The fraction of sp³-hybridized carbons (Fsp3) is 0.160. The van der Waals surface area contributed by atoms with Gasteiger partial charge in [-0.15, -0.1) is 0 Å². The largest absolute Gasteiger partial charge is 0.497 e. The maximum absolute atomic E-state index is 13.7. The molecule has 0 aliphatic carbocycles. The van der Waals surface area contributed by atoms with E-state index in [0.717, 1.165) is 10.9 Å². The van der Waals surface area contributed by atoms with Crippen molar-refractivity contribution in [2.45, 2.75) is 19.6 Å². The molecular weight excluding hydrogens is 414 g/mol. The number of carboxylic acid groups (broad SMARTS) is 1. The number of hydrogen-bond donors (Lipinski definition) is 2. The number of hydrogen-bond acceptors (Lipinski definition) is 3. The molecule has 0 saturated heterocycles. The van der Waals surface area contributed by atoms with Gasteiger partial charge in [0.25, 0.3) is 0 Å². The number of ether oxygens (including phenoxy) is 1. The minimum absolute atomic E-state index is 0.129. The number of carbonyl (C=O) groups is 1. The summed E-state index contributed by atoms with van der Waals surface area (Å²) in [6.45, 7) is 0.936. The van der Waals surface area contributed by atoms with Crippen LogP contribution in [0.4, 0.5) is 8.78 Å². The first kappa shape index (κ1) is 21.5. The number of methoxy groups -OCH3 is 1. The Labute approximate surface area is 183 Å². The van der Waals surface area contributed by atoms with Crippen molar-refractivity contribution in [2.24, 2.45) is 0 Å². The fourth-order valence-electron chi connectivity index (χ4n) is 3.87. The molecule has 0 amide bonds. The first-order valence-electron chi connectivity index (χ1n) is 10.1. The van der Waals surface area contributed by atoms with Gasteiger partial charge in [-0.2, -0.15) is 0 Å². The summed E-state index contributed by atoms with van der Waals surface area (Å²) in [5.74, 6) is -1.17. The summed E-state index contributed by atoms with van der Waals surface area (Å²) in [6.07, 6.45) is 0. The summed E-state index contributed by atoms with van der Waals surface area (Å²) in [4.78, 5) is 12.3. The number of carboxylic acids is 1. The highest BCUT2D eigenvalue weighted by molar-refractivity contribution is 5.98. The zero-order chi connectivity index (χ0) is 22.7. The van der Waals surface area contributed by atoms with Gasteiger partial charge in [0.2, 0.25) is 0 Å². The van der Waals surface area contributed by atoms with E-state index in [-0.39, 0.29) is 30.4 Å². The van der Waals surface area contributed by atoms with E-state index in [0.29, 0.717) is 28.9 Å². The lowest BCUT2D eigenvalue weighted by Crippen LogP contribution is -2.17. The molecular formula is C25H22F2N2O3. The van der Waals surface area contributed by atoms with E-state index in [1.54, 1.807) is 48.1 Å². The molecule has 1 heterocycles. The molecule has 0 unspecified atom stereocenters. The number of aromatic carboxylic acids is 1. The van der Waals surface area contributed by atoms with Crippen LogP contribution in [-0.4, -0.2) is 22.8 Å². The van der Waals surface area contributed by atoms with Crippen molar-refractivity contribution in [1.82, 2.24) is 9.88 Å². The zero-order valence-electron chi connectivity index (χ0n) is 17.4. The molecule has 0 bridgehead atoms. The van der Waals surface area contributed by atoms with E-state index in [4.69, 9.17) is 4.74 Å². The van der Waals surface area contributed by atoms with Gasteiger partial charge in [-0.1, -0.05) is 24.3 Å². The Balaban J connectivity index is 1.74. The highest BCUT2D eigenvalue weighted by Gasteiger charge is 2.23. The molecule has 0 saturated carbocycles. The van der Waals surface area contributed by atoms with Gasteiger partial charge < -0.3 is 19.7 Å². The highest BCUT2D eigenvalue weighted by Crippen LogP contribution is 2.31. The van der Waals surface area contributed by atoms with E-state index in [2.05, 4.69) is 5.32 Å². The number of benzene rings is 3. The molecule has 164 valence electrons. The van der Waals surface area contributed by atoms with Gasteiger partial charge in [-0.25, -0.2) is 13.6 Å².